The molecule has 28 heavy (non-hydrogen) atoms. The summed E-state index contributed by atoms with van der Waals surface area (Å²) in [6.45, 7) is 1.53. The maximum absolute atomic E-state index is 13.2. The fourth-order valence-electron chi connectivity index (χ4n) is 4.84. The molecule has 0 radical (unpaired) electrons. The molecule has 1 aromatic rings. The molecule has 2 saturated carbocycles. The molecule has 0 spiro atoms. The summed E-state index contributed by atoms with van der Waals surface area (Å²) in [6.07, 6.45) is 16.9. The average molecular weight is 401 g/mol. The van der Waals surface area contributed by atoms with Crippen molar-refractivity contribution in [2.45, 2.75) is 51.0 Å². The largest absolute Gasteiger partial charge is 0.335 e. The van der Waals surface area contributed by atoms with Crippen molar-refractivity contribution in [3.05, 3.63) is 47.3 Å². The zero-order valence-corrected chi connectivity index (χ0v) is 17.0. The average Bonchev–Trinajstić information content (AvgIpc) is 3.57. The third kappa shape index (κ3) is 4.15. The molecule has 3 aliphatic rings. The predicted molar refractivity (Wildman–Crippen MR) is 111 cm³/mol. The SMILES string of the molecule is NC[C@]1(C2C=CC=C(Cl)C2)CC[C@H](N(CC2CC2)C(=O)c2ccnnc2)CC1. The zero-order valence-electron chi connectivity index (χ0n) is 16.3. The highest BCUT2D eigenvalue weighted by Gasteiger charge is 2.43. The number of aromatic nitrogens is 2. The van der Waals surface area contributed by atoms with Crippen molar-refractivity contribution in [3.63, 3.8) is 0 Å². The minimum absolute atomic E-state index is 0.0912. The van der Waals surface area contributed by atoms with Gasteiger partial charge >= 0.3 is 0 Å². The Balaban J connectivity index is 1.47. The maximum atomic E-state index is 13.2. The zero-order chi connectivity index (χ0) is 19.6. The van der Waals surface area contributed by atoms with Gasteiger partial charge in [-0.05, 0) is 80.9 Å². The van der Waals surface area contributed by atoms with Crippen LogP contribution in [0.25, 0.3) is 0 Å². The summed E-state index contributed by atoms with van der Waals surface area (Å²) in [7, 11) is 0. The van der Waals surface area contributed by atoms with Gasteiger partial charge in [-0.2, -0.15) is 10.2 Å². The summed E-state index contributed by atoms with van der Waals surface area (Å²) in [5.41, 5.74) is 7.01. The van der Waals surface area contributed by atoms with Crippen molar-refractivity contribution in [2.24, 2.45) is 23.0 Å². The topological polar surface area (TPSA) is 72.1 Å². The third-order valence-electron chi connectivity index (χ3n) is 6.86. The molecule has 1 unspecified atom stereocenters. The van der Waals surface area contributed by atoms with Crippen molar-refractivity contribution >= 4 is 17.5 Å². The van der Waals surface area contributed by atoms with E-state index in [1.165, 1.54) is 12.8 Å². The molecule has 2 fully saturated rings. The highest BCUT2D eigenvalue weighted by molar-refractivity contribution is 6.29. The van der Waals surface area contributed by atoms with Gasteiger partial charge < -0.3 is 10.6 Å². The van der Waals surface area contributed by atoms with Crippen LogP contribution in [0.4, 0.5) is 0 Å². The summed E-state index contributed by atoms with van der Waals surface area (Å²) >= 11 is 6.31. The normalized spacial score (nSPS) is 30.0. The van der Waals surface area contributed by atoms with Crippen LogP contribution in [-0.4, -0.2) is 40.1 Å². The molecule has 1 heterocycles. The second-order valence-electron chi connectivity index (χ2n) is 8.64. The standard InChI is InChI=1S/C22H29ClN4O/c23-19-3-1-2-18(12-19)22(15-24)9-6-20(7-10-22)27(14-16-4-5-16)21(28)17-8-11-25-26-13-17/h1-3,8,11,13,16,18,20H,4-7,9-10,12,14-15,24H2/t18?,20-,22-. The van der Waals surface area contributed by atoms with Gasteiger partial charge in [0.2, 0.25) is 0 Å². The van der Waals surface area contributed by atoms with E-state index in [2.05, 4.69) is 27.2 Å². The number of nitrogens with zero attached hydrogens (tertiary/aromatic N) is 3. The molecule has 1 atom stereocenters. The number of carbonyl (C=O) groups excluding carboxylic acids is 1. The monoisotopic (exact) mass is 400 g/mol. The first-order chi connectivity index (χ1) is 13.6. The van der Waals surface area contributed by atoms with E-state index in [1.807, 2.05) is 6.08 Å². The van der Waals surface area contributed by atoms with E-state index in [4.69, 9.17) is 17.3 Å². The molecular formula is C22H29ClN4O. The van der Waals surface area contributed by atoms with Gasteiger partial charge in [0.25, 0.3) is 5.91 Å². The molecule has 1 aromatic heterocycles. The lowest BCUT2D eigenvalue weighted by molar-refractivity contribution is 0.0439. The van der Waals surface area contributed by atoms with Crippen molar-refractivity contribution in [2.75, 3.05) is 13.1 Å². The number of hydrogen-bond acceptors (Lipinski definition) is 4. The van der Waals surface area contributed by atoms with Gasteiger partial charge in [-0.25, -0.2) is 0 Å². The Hall–Kier alpha value is -1.72. The molecule has 2 N–H and O–H groups in total. The summed E-state index contributed by atoms with van der Waals surface area (Å²) in [4.78, 5) is 15.3. The molecule has 1 amide bonds. The second kappa shape index (κ2) is 8.34. The maximum Gasteiger partial charge on any atom is 0.255 e. The number of allylic oxidation sites excluding steroid dienone is 4. The fourth-order valence-corrected chi connectivity index (χ4v) is 5.07. The van der Waals surface area contributed by atoms with E-state index in [0.717, 1.165) is 43.7 Å². The van der Waals surface area contributed by atoms with E-state index in [9.17, 15) is 4.79 Å². The van der Waals surface area contributed by atoms with Crippen LogP contribution in [0.3, 0.4) is 0 Å². The highest BCUT2D eigenvalue weighted by atomic mass is 35.5. The van der Waals surface area contributed by atoms with E-state index in [1.54, 1.807) is 18.5 Å². The van der Waals surface area contributed by atoms with E-state index < -0.39 is 0 Å². The van der Waals surface area contributed by atoms with Crippen molar-refractivity contribution < 1.29 is 4.79 Å². The minimum atomic E-state index is 0.0912. The van der Waals surface area contributed by atoms with E-state index in [-0.39, 0.29) is 17.4 Å². The lowest BCUT2D eigenvalue weighted by atomic mass is 9.63. The predicted octanol–water partition coefficient (Wildman–Crippen LogP) is 3.92. The number of nitrogens with two attached hydrogens (primary N) is 1. The smallest absolute Gasteiger partial charge is 0.255 e. The molecule has 3 aliphatic carbocycles. The summed E-state index contributed by atoms with van der Waals surface area (Å²) in [5, 5.41) is 8.61. The van der Waals surface area contributed by atoms with Gasteiger partial charge in [-0.15, -0.1) is 0 Å². The molecule has 0 bridgehead atoms. The molecule has 0 aliphatic heterocycles. The van der Waals surface area contributed by atoms with Crippen LogP contribution in [-0.2, 0) is 0 Å². The van der Waals surface area contributed by atoms with E-state index in [0.29, 0.717) is 23.9 Å². The van der Waals surface area contributed by atoms with Crippen LogP contribution in [0.1, 0.15) is 55.3 Å². The summed E-state index contributed by atoms with van der Waals surface area (Å²) in [5.74, 6) is 1.15. The summed E-state index contributed by atoms with van der Waals surface area (Å²) in [6, 6.07) is 2.04. The van der Waals surface area contributed by atoms with Gasteiger partial charge in [0, 0.05) is 17.6 Å². The molecule has 5 nitrogen and oxygen atoms in total. The molecular weight excluding hydrogens is 372 g/mol. The van der Waals surface area contributed by atoms with Gasteiger partial charge in [0.15, 0.2) is 0 Å². The van der Waals surface area contributed by atoms with Crippen LogP contribution < -0.4 is 5.73 Å². The van der Waals surface area contributed by atoms with Crippen molar-refractivity contribution in [1.29, 1.82) is 0 Å². The van der Waals surface area contributed by atoms with Crippen LogP contribution in [0, 0.1) is 17.3 Å². The first kappa shape index (κ1) is 19.6. The quantitative estimate of drug-likeness (QED) is 0.785. The van der Waals surface area contributed by atoms with Crippen LogP contribution in [0.5, 0.6) is 0 Å². The third-order valence-corrected chi connectivity index (χ3v) is 7.14. The molecule has 4 rings (SSSR count). The van der Waals surface area contributed by atoms with Crippen LogP contribution in [0.2, 0.25) is 0 Å². The second-order valence-corrected chi connectivity index (χ2v) is 9.12. The van der Waals surface area contributed by atoms with E-state index >= 15 is 0 Å². The Morgan fingerprint density at radius 1 is 1.25 bits per heavy atom. The van der Waals surface area contributed by atoms with Crippen LogP contribution in [0.15, 0.2) is 41.7 Å². The minimum Gasteiger partial charge on any atom is -0.335 e. The lowest BCUT2D eigenvalue weighted by Gasteiger charge is -2.47. The first-order valence-corrected chi connectivity index (χ1v) is 10.8. The van der Waals surface area contributed by atoms with Gasteiger partial charge in [0.1, 0.15) is 0 Å². The number of halogens is 1. The fraction of sp³-hybridized carbons (Fsp3) is 0.591. The van der Waals surface area contributed by atoms with Gasteiger partial charge in [0.05, 0.1) is 18.0 Å². The Bertz CT molecular complexity index is 751. The molecule has 0 saturated heterocycles. The Labute approximate surface area is 172 Å². The number of hydrogen-bond donors (Lipinski definition) is 1. The van der Waals surface area contributed by atoms with Gasteiger partial charge in [-0.1, -0.05) is 23.8 Å². The lowest BCUT2D eigenvalue weighted by Crippen LogP contribution is -2.48. The van der Waals surface area contributed by atoms with Gasteiger partial charge in [-0.3, -0.25) is 4.79 Å². The molecule has 150 valence electrons. The number of amides is 1. The number of carbonyl (C=O) groups is 1. The Kier molecular flexibility index (Phi) is 5.83. The highest BCUT2D eigenvalue weighted by Crippen LogP contribution is 2.47. The molecule has 6 heteroatoms. The Morgan fingerprint density at radius 2 is 2.04 bits per heavy atom. The Morgan fingerprint density at radius 3 is 2.64 bits per heavy atom. The van der Waals surface area contributed by atoms with Crippen LogP contribution >= 0.6 is 11.6 Å². The summed E-state index contributed by atoms with van der Waals surface area (Å²) < 4.78 is 0. The van der Waals surface area contributed by atoms with Crippen molar-refractivity contribution in [1.82, 2.24) is 15.1 Å². The van der Waals surface area contributed by atoms with Crippen molar-refractivity contribution in [3.8, 4) is 0 Å². The molecule has 0 aromatic carbocycles. The number of rotatable bonds is 6. The first-order valence-electron chi connectivity index (χ1n) is 10.4.